The van der Waals surface area contributed by atoms with Crippen LogP contribution in [-0.4, -0.2) is 137 Å². The third kappa shape index (κ3) is 20.0. The maximum atomic E-state index is 14.4. The predicted molar refractivity (Wildman–Crippen MR) is 269 cm³/mol. The first-order valence-electron chi connectivity index (χ1n) is 24.0. The number of aliphatic imine (C=N–C) groups is 1. The number of guanidine groups is 1. The monoisotopic (exact) mass is 1010 g/mol. The molecule has 1 aromatic carbocycles. The SMILES string of the molecule is C=C1C(=O)N[C@H](C)C(=O)NC(C[C@@H](C)CC)C(=O)NC(C(=O)O)[C@H](C)C(=O)NC(CCCN=C(N)N)C(=O)N[C@@H](/C=C/C(C)=C/[C@H](C)[C@H](Cc2ccccc2)OC)[C@H](C)C(=O)N[C@@H](C(=O)O)CCC(=O)N1C. The fourth-order valence-corrected chi connectivity index (χ4v) is 7.55. The summed E-state index contributed by atoms with van der Waals surface area (Å²) >= 11 is 0. The zero-order chi connectivity index (χ0) is 54.4. The number of likely N-dealkylation sites (N-methyl/N-ethyl adjacent to an activating group) is 1. The van der Waals surface area contributed by atoms with Gasteiger partial charge in [0.2, 0.25) is 35.4 Å². The van der Waals surface area contributed by atoms with Crippen LogP contribution in [-0.2, 0) is 54.3 Å². The summed E-state index contributed by atoms with van der Waals surface area (Å²) in [5.74, 6) is -12.5. The van der Waals surface area contributed by atoms with Gasteiger partial charge in [0.1, 0.15) is 35.9 Å². The maximum Gasteiger partial charge on any atom is 0.327 e. The van der Waals surface area contributed by atoms with Gasteiger partial charge in [-0.05, 0) is 57.4 Å². The largest absolute Gasteiger partial charge is 0.480 e. The molecule has 0 aliphatic carbocycles. The molecule has 22 nitrogen and oxygen atoms in total. The van der Waals surface area contributed by atoms with E-state index in [2.05, 4.69) is 43.5 Å². The molecule has 3 unspecified atom stereocenters. The molecular weight excluding hydrogens is 933 g/mol. The molecule has 7 amide bonds. The Hall–Kier alpha value is -7.10. The topological polar surface area (TPSA) is 343 Å². The highest BCUT2D eigenvalue weighted by Gasteiger charge is 2.37. The van der Waals surface area contributed by atoms with Crippen molar-refractivity contribution in [2.75, 3.05) is 20.7 Å². The van der Waals surface area contributed by atoms with Crippen molar-refractivity contribution in [2.24, 2.45) is 40.1 Å². The summed E-state index contributed by atoms with van der Waals surface area (Å²) < 4.78 is 5.82. The van der Waals surface area contributed by atoms with E-state index in [1.165, 1.54) is 33.9 Å². The van der Waals surface area contributed by atoms with Crippen molar-refractivity contribution in [2.45, 2.75) is 136 Å². The minimum Gasteiger partial charge on any atom is -0.480 e. The smallest absolute Gasteiger partial charge is 0.327 e. The number of carbonyl (C=O) groups excluding carboxylic acids is 7. The minimum absolute atomic E-state index is 0.0248. The molecule has 0 spiro atoms. The summed E-state index contributed by atoms with van der Waals surface area (Å²) in [4.78, 5) is 126. The Balaban J connectivity index is 2.74. The molecule has 2 rings (SSSR count). The highest BCUT2D eigenvalue weighted by Crippen LogP contribution is 2.19. The molecule has 1 heterocycles. The number of methoxy groups -OCH3 is 1. The standard InChI is InChI=1S/C50H76N10O12/c1-11-27(2)25-38-47(67)59-41(49(70)71)31(6)43(63)56-36(18-15-23-53-50(51)52)46(66)55-35(20-19-28(3)24-29(4)39(72-10)26-34-16-13-12-14-17-34)30(5)42(62)57-37(48(68)69)21-22-40(61)60(9)33(8)45(65)54-32(7)44(64)58-38/h12-14,16-17,19-20,24,27,29-32,35-39,41H,8,11,15,18,21-23,25-26H2,1-7,9-10H3,(H,54,65)(H,55,66)(H,56,63)(H,57,62)(H,58,64)(H,59,67)(H,68,69)(H,70,71)(H4,51,52,53)/b20-19+,28-24+/t27-,29-,30-,31-,32+,35-,36?,37+,38?,39-,41?/m0/s1. The highest BCUT2D eigenvalue weighted by atomic mass is 16.5. The fraction of sp³-hybridized carbons (Fsp3) is 0.560. The number of hydrogen-bond donors (Lipinski definition) is 10. The highest BCUT2D eigenvalue weighted by molar-refractivity contribution is 6.00. The van der Waals surface area contributed by atoms with Crippen LogP contribution in [0.4, 0.5) is 0 Å². The number of aliphatic carboxylic acids is 2. The molecule has 0 radical (unpaired) electrons. The van der Waals surface area contributed by atoms with Gasteiger partial charge < -0.3 is 63.2 Å². The van der Waals surface area contributed by atoms with Gasteiger partial charge in [0.15, 0.2) is 5.96 Å². The second-order valence-corrected chi connectivity index (χ2v) is 18.4. The Labute approximate surface area is 421 Å². The van der Waals surface area contributed by atoms with Crippen LogP contribution >= 0.6 is 0 Å². The summed E-state index contributed by atoms with van der Waals surface area (Å²) in [5, 5.41) is 35.6. The third-order valence-electron chi connectivity index (χ3n) is 12.6. The van der Waals surface area contributed by atoms with E-state index >= 15 is 0 Å². The van der Waals surface area contributed by atoms with E-state index in [-0.39, 0.29) is 49.7 Å². The predicted octanol–water partition coefficient (Wildman–Crippen LogP) is 1.01. The zero-order valence-electron chi connectivity index (χ0n) is 42.9. The summed E-state index contributed by atoms with van der Waals surface area (Å²) in [6, 6.07) is 1.01. The number of carbonyl (C=O) groups is 9. The molecule has 12 N–H and O–H groups in total. The van der Waals surface area contributed by atoms with Gasteiger partial charge >= 0.3 is 11.9 Å². The summed E-state index contributed by atoms with van der Waals surface area (Å²) in [6.45, 7) is 15.1. The average Bonchev–Trinajstić information content (AvgIpc) is 3.33. The molecule has 11 atom stereocenters. The molecule has 1 saturated heterocycles. The Morgan fingerprint density at radius 2 is 1.47 bits per heavy atom. The number of nitrogens with zero attached hydrogens (tertiary/aromatic N) is 2. The lowest BCUT2D eigenvalue weighted by Gasteiger charge is -2.29. The van der Waals surface area contributed by atoms with E-state index < -0.39 is 120 Å². The number of nitrogens with one attached hydrogen (secondary N) is 6. The van der Waals surface area contributed by atoms with Gasteiger partial charge in [0.25, 0.3) is 5.91 Å². The number of carboxylic acids is 2. The molecule has 0 saturated carbocycles. The van der Waals surface area contributed by atoms with Crippen molar-refractivity contribution < 1.29 is 58.1 Å². The van der Waals surface area contributed by atoms with Crippen molar-refractivity contribution in [1.29, 1.82) is 0 Å². The molecule has 1 aliphatic heterocycles. The van der Waals surface area contributed by atoms with Crippen LogP contribution in [0.25, 0.3) is 0 Å². The lowest BCUT2D eigenvalue weighted by Crippen LogP contribution is -2.59. The zero-order valence-corrected chi connectivity index (χ0v) is 42.9. The second-order valence-electron chi connectivity index (χ2n) is 18.4. The molecular formula is C50H76N10O12. The van der Waals surface area contributed by atoms with Gasteiger partial charge in [0.05, 0.1) is 24.0 Å². The van der Waals surface area contributed by atoms with Crippen molar-refractivity contribution in [3.8, 4) is 0 Å². The lowest BCUT2D eigenvalue weighted by atomic mass is 9.94. The van der Waals surface area contributed by atoms with Crippen LogP contribution in [0.5, 0.6) is 0 Å². The van der Waals surface area contributed by atoms with Crippen molar-refractivity contribution >= 4 is 59.2 Å². The van der Waals surface area contributed by atoms with Crippen LogP contribution in [0.15, 0.2) is 71.4 Å². The quantitative estimate of drug-likeness (QED) is 0.0364. The van der Waals surface area contributed by atoms with Crippen LogP contribution in [0, 0.1) is 23.7 Å². The lowest BCUT2D eigenvalue weighted by molar-refractivity contribution is -0.146. The Morgan fingerprint density at radius 3 is 2.06 bits per heavy atom. The molecule has 1 fully saturated rings. The van der Waals surface area contributed by atoms with Gasteiger partial charge in [-0.25, -0.2) is 9.59 Å². The number of allylic oxidation sites excluding steroid dienone is 2. The molecule has 72 heavy (non-hydrogen) atoms. The molecule has 0 bridgehead atoms. The minimum atomic E-state index is -1.88. The molecule has 0 aromatic heterocycles. The Bertz CT molecular complexity index is 2180. The Morgan fingerprint density at radius 1 is 0.861 bits per heavy atom. The van der Waals surface area contributed by atoms with Crippen LogP contribution in [0.2, 0.25) is 0 Å². The number of benzene rings is 1. The van der Waals surface area contributed by atoms with E-state index in [4.69, 9.17) is 16.2 Å². The van der Waals surface area contributed by atoms with Crippen molar-refractivity contribution in [3.05, 3.63) is 72.0 Å². The fourth-order valence-electron chi connectivity index (χ4n) is 7.55. The van der Waals surface area contributed by atoms with Gasteiger partial charge in [-0.15, -0.1) is 0 Å². The molecule has 1 aliphatic rings. The summed E-state index contributed by atoms with van der Waals surface area (Å²) in [5.41, 5.74) is 12.4. The first kappa shape index (κ1) is 61.0. The average molecular weight is 1010 g/mol. The molecule has 22 heteroatoms. The second kappa shape index (κ2) is 29.9. The van der Waals surface area contributed by atoms with Crippen molar-refractivity contribution in [3.63, 3.8) is 0 Å². The Kier molecular flexibility index (Phi) is 25.4. The summed E-state index contributed by atoms with van der Waals surface area (Å²) in [6.07, 6.45) is 5.23. The van der Waals surface area contributed by atoms with E-state index in [1.54, 1.807) is 27.0 Å². The maximum absolute atomic E-state index is 14.4. The van der Waals surface area contributed by atoms with E-state index in [0.29, 0.717) is 18.4 Å². The van der Waals surface area contributed by atoms with E-state index in [1.807, 2.05) is 50.3 Å². The molecule has 398 valence electrons. The molecule has 1 aromatic rings. The first-order chi connectivity index (χ1) is 33.8. The van der Waals surface area contributed by atoms with E-state index in [0.717, 1.165) is 10.5 Å². The number of hydrogen-bond acceptors (Lipinski definition) is 11. The number of nitrogens with two attached hydrogens (primary N) is 2. The van der Waals surface area contributed by atoms with E-state index in [9.17, 15) is 53.4 Å². The number of ether oxygens (including phenoxy) is 1. The number of carboxylic acid groups (broad SMARTS) is 2. The van der Waals surface area contributed by atoms with Crippen LogP contribution in [0.3, 0.4) is 0 Å². The van der Waals surface area contributed by atoms with Crippen molar-refractivity contribution in [1.82, 2.24) is 36.8 Å². The normalized spacial score (nSPS) is 25.5. The van der Waals surface area contributed by atoms with Gasteiger partial charge in [0, 0.05) is 33.0 Å². The van der Waals surface area contributed by atoms with Gasteiger partial charge in [-0.1, -0.05) is 102 Å². The van der Waals surface area contributed by atoms with Crippen LogP contribution in [0.1, 0.15) is 92.6 Å². The van der Waals surface area contributed by atoms with Crippen LogP contribution < -0.4 is 43.4 Å². The first-order valence-corrected chi connectivity index (χ1v) is 24.0. The van der Waals surface area contributed by atoms with Gasteiger partial charge in [-0.3, -0.25) is 38.6 Å². The van der Waals surface area contributed by atoms with Gasteiger partial charge in [-0.2, -0.15) is 0 Å². The third-order valence-corrected chi connectivity index (χ3v) is 12.6. The summed E-state index contributed by atoms with van der Waals surface area (Å²) in [7, 11) is 2.83. The number of amides is 7. The number of rotatable bonds is 16.